The molecule has 0 saturated heterocycles. The van der Waals surface area contributed by atoms with E-state index < -0.39 is 6.10 Å². The molecule has 90 valence electrons. The third kappa shape index (κ3) is 3.40. The van der Waals surface area contributed by atoms with Crippen molar-refractivity contribution in [1.29, 1.82) is 0 Å². The van der Waals surface area contributed by atoms with E-state index in [0.29, 0.717) is 6.54 Å². The molecule has 0 spiro atoms. The van der Waals surface area contributed by atoms with E-state index in [0.717, 1.165) is 4.88 Å². The maximum atomic E-state index is 9.95. The van der Waals surface area contributed by atoms with Crippen molar-refractivity contribution in [3.8, 4) is 0 Å². The molecule has 1 heterocycles. The van der Waals surface area contributed by atoms with Gasteiger partial charge in [-0.25, -0.2) is 0 Å². The molecular weight excluding hydrogens is 230 g/mol. The fraction of sp³-hybridized carbons (Fsp3) is 0.286. The van der Waals surface area contributed by atoms with Crippen molar-refractivity contribution < 1.29 is 5.11 Å². The molecule has 3 heteroatoms. The number of thiophene rings is 1. The van der Waals surface area contributed by atoms with E-state index in [4.69, 9.17) is 0 Å². The van der Waals surface area contributed by atoms with Gasteiger partial charge < -0.3 is 10.4 Å². The van der Waals surface area contributed by atoms with E-state index in [1.165, 1.54) is 5.56 Å². The molecule has 0 aliphatic carbocycles. The minimum Gasteiger partial charge on any atom is -0.386 e. The average molecular weight is 247 g/mol. The molecule has 0 aliphatic rings. The minimum absolute atomic E-state index is 0.255. The number of aliphatic hydroxyl groups is 1. The zero-order chi connectivity index (χ0) is 12.1. The number of nitrogens with one attached hydrogen (secondary N) is 1. The highest BCUT2D eigenvalue weighted by atomic mass is 32.1. The Balaban J connectivity index is 1.86. The average Bonchev–Trinajstić information content (AvgIpc) is 2.90. The van der Waals surface area contributed by atoms with Crippen LogP contribution < -0.4 is 5.32 Å². The van der Waals surface area contributed by atoms with Crippen LogP contribution in [0.5, 0.6) is 0 Å². The molecule has 2 aromatic rings. The van der Waals surface area contributed by atoms with Crippen molar-refractivity contribution in [3.63, 3.8) is 0 Å². The highest BCUT2D eigenvalue weighted by molar-refractivity contribution is 7.10. The highest BCUT2D eigenvalue weighted by Crippen LogP contribution is 2.19. The monoisotopic (exact) mass is 247 g/mol. The van der Waals surface area contributed by atoms with Gasteiger partial charge in [0.05, 0.1) is 0 Å². The largest absolute Gasteiger partial charge is 0.386 e. The molecule has 2 rings (SSSR count). The van der Waals surface area contributed by atoms with Gasteiger partial charge >= 0.3 is 0 Å². The van der Waals surface area contributed by atoms with E-state index >= 15 is 0 Å². The lowest BCUT2D eigenvalue weighted by Crippen LogP contribution is -2.24. The quantitative estimate of drug-likeness (QED) is 0.850. The van der Waals surface area contributed by atoms with E-state index in [2.05, 4.69) is 24.4 Å². The predicted octanol–water partition coefficient (Wildman–Crippen LogP) is 3.13. The van der Waals surface area contributed by atoms with Gasteiger partial charge in [-0.15, -0.1) is 11.3 Å². The summed E-state index contributed by atoms with van der Waals surface area (Å²) in [7, 11) is 0. The summed E-state index contributed by atoms with van der Waals surface area (Å²) in [5.74, 6) is 0. The second kappa shape index (κ2) is 5.96. The Morgan fingerprint density at radius 2 is 1.94 bits per heavy atom. The van der Waals surface area contributed by atoms with Gasteiger partial charge in [0.25, 0.3) is 0 Å². The van der Waals surface area contributed by atoms with Crippen LogP contribution in [-0.4, -0.2) is 11.7 Å². The van der Waals surface area contributed by atoms with Crippen LogP contribution in [0.1, 0.15) is 29.5 Å². The van der Waals surface area contributed by atoms with Crippen molar-refractivity contribution in [2.24, 2.45) is 0 Å². The van der Waals surface area contributed by atoms with Crippen LogP contribution in [0.25, 0.3) is 0 Å². The van der Waals surface area contributed by atoms with Crippen molar-refractivity contribution in [2.75, 3.05) is 6.54 Å². The summed E-state index contributed by atoms with van der Waals surface area (Å²) in [4.78, 5) is 1.01. The normalized spacial score (nSPS) is 14.5. The molecule has 0 saturated carbocycles. The zero-order valence-electron chi connectivity index (χ0n) is 9.84. The Hall–Kier alpha value is -1.16. The predicted molar refractivity (Wildman–Crippen MR) is 72.1 cm³/mol. The van der Waals surface area contributed by atoms with Crippen molar-refractivity contribution >= 4 is 11.3 Å². The van der Waals surface area contributed by atoms with Crippen molar-refractivity contribution in [2.45, 2.75) is 19.1 Å². The summed E-state index contributed by atoms with van der Waals surface area (Å²) >= 11 is 1.59. The first-order chi connectivity index (χ1) is 8.27. The number of hydrogen-bond donors (Lipinski definition) is 2. The summed E-state index contributed by atoms with van der Waals surface area (Å²) in [6.45, 7) is 2.69. The molecule has 0 radical (unpaired) electrons. The van der Waals surface area contributed by atoms with Gasteiger partial charge in [-0.2, -0.15) is 0 Å². The van der Waals surface area contributed by atoms with Crippen LogP contribution in [0.4, 0.5) is 0 Å². The van der Waals surface area contributed by atoms with Crippen molar-refractivity contribution in [1.82, 2.24) is 5.32 Å². The molecule has 2 atom stereocenters. The molecular formula is C14H17NOS. The number of aliphatic hydroxyl groups excluding tert-OH is 1. The van der Waals surface area contributed by atoms with Gasteiger partial charge in [-0.3, -0.25) is 0 Å². The maximum absolute atomic E-state index is 9.95. The second-order valence-corrected chi connectivity index (χ2v) is 5.05. The number of rotatable bonds is 5. The smallest absolute Gasteiger partial charge is 0.101 e. The first-order valence-corrected chi connectivity index (χ1v) is 6.65. The van der Waals surface area contributed by atoms with Crippen LogP contribution in [0.15, 0.2) is 47.8 Å². The Kier molecular flexibility index (Phi) is 4.31. The second-order valence-electron chi connectivity index (χ2n) is 4.07. The first-order valence-electron chi connectivity index (χ1n) is 5.77. The molecule has 0 bridgehead atoms. The van der Waals surface area contributed by atoms with Crippen molar-refractivity contribution in [3.05, 3.63) is 58.3 Å². The van der Waals surface area contributed by atoms with E-state index in [-0.39, 0.29) is 6.04 Å². The number of benzene rings is 1. The summed E-state index contributed by atoms with van der Waals surface area (Å²) in [6.07, 6.45) is -0.416. The molecule has 2 nitrogen and oxygen atoms in total. The first kappa shape index (κ1) is 12.3. The molecule has 2 N–H and O–H groups in total. The molecule has 0 amide bonds. The Morgan fingerprint density at radius 1 is 1.18 bits per heavy atom. The van der Waals surface area contributed by atoms with Gasteiger partial charge in [0.1, 0.15) is 6.10 Å². The van der Waals surface area contributed by atoms with E-state index in [9.17, 15) is 5.11 Å². The van der Waals surface area contributed by atoms with Crippen LogP contribution in [0.3, 0.4) is 0 Å². The molecule has 17 heavy (non-hydrogen) atoms. The standard InChI is InChI=1S/C14H17NOS/c1-11(12-6-3-2-4-7-12)15-10-13(16)14-8-5-9-17-14/h2-9,11,13,15-16H,10H2,1H3. The van der Waals surface area contributed by atoms with Crippen LogP contribution in [0.2, 0.25) is 0 Å². The van der Waals surface area contributed by atoms with Crippen LogP contribution in [0, 0.1) is 0 Å². The lowest BCUT2D eigenvalue weighted by atomic mass is 10.1. The highest BCUT2D eigenvalue weighted by Gasteiger charge is 2.10. The summed E-state index contributed by atoms with van der Waals surface area (Å²) in [6, 6.07) is 14.4. The fourth-order valence-corrected chi connectivity index (χ4v) is 2.44. The lowest BCUT2D eigenvalue weighted by molar-refractivity contribution is 0.174. The third-order valence-electron chi connectivity index (χ3n) is 2.79. The van der Waals surface area contributed by atoms with Gasteiger partial charge in [-0.1, -0.05) is 36.4 Å². The lowest BCUT2D eigenvalue weighted by Gasteiger charge is -2.16. The summed E-state index contributed by atoms with van der Waals surface area (Å²) in [5.41, 5.74) is 1.24. The molecule has 1 aromatic carbocycles. The van der Waals surface area contributed by atoms with Crippen LogP contribution in [-0.2, 0) is 0 Å². The maximum Gasteiger partial charge on any atom is 0.101 e. The van der Waals surface area contributed by atoms with Gasteiger partial charge in [0.15, 0.2) is 0 Å². The summed E-state index contributed by atoms with van der Waals surface area (Å²) < 4.78 is 0. The number of hydrogen-bond acceptors (Lipinski definition) is 3. The fourth-order valence-electron chi connectivity index (χ4n) is 1.73. The van der Waals surface area contributed by atoms with Gasteiger partial charge in [0.2, 0.25) is 0 Å². The third-order valence-corrected chi connectivity index (χ3v) is 3.76. The topological polar surface area (TPSA) is 32.3 Å². The van der Waals surface area contributed by atoms with E-state index in [1.54, 1.807) is 11.3 Å². The zero-order valence-corrected chi connectivity index (χ0v) is 10.7. The summed E-state index contributed by atoms with van der Waals surface area (Å²) in [5, 5.41) is 15.3. The minimum atomic E-state index is -0.416. The Labute approximate surface area is 106 Å². The molecule has 0 aliphatic heterocycles. The van der Waals surface area contributed by atoms with E-state index in [1.807, 2.05) is 35.7 Å². The SMILES string of the molecule is CC(NCC(O)c1cccs1)c1ccccc1. The van der Waals surface area contributed by atoms with Gasteiger partial charge in [-0.05, 0) is 23.9 Å². The Morgan fingerprint density at radius 3 is 2.59 bits per heavy atom. The molecule has 0 fully saturated rings. The molecule has 1 aromatic heterocycles. The van der Waals surface area contributed by atoms with Crippen LogP contribution >= 0.6 is 11.3 Å². The Bertz CT molecular complexity index is 427. The molecule has 2 unspecified atom stereocenters. The van der Waals surface area contributed by atoms with Gasteiger partial charge in [0, 0.05) is 17.5 Å².